The van der Waals surface area contributed by atoms with E-state index in [2.05, 4.69) is 0 Å². The second-order valence-electron chi connectivity index (χ2n) is 12.8. The number of ether oxygens (including phenoxy) is 1. The minimum atomic E-state index is -0.706. The van der Waals surface area contributed by atoms with Crippen molar-refractivity contribution in [2.75, 3.05) is 7.11 Å². The summed E-state index contributed by atoms with van der Waals surface area (Å²) in [6, 6.07) is 4.98. The number of carbonyl (C=O) groups excluding carboxylic acids is 4. The lowest BCUT2D eigenvalue weighted by atomic mass is 9.57. The molecule has 4 amide bonds. The van der Waals surface area contributed by atoms with E-state index in [1.807, 2.05) is 47.6 Å². The third kappa shape index (κ3) is 3.62. The lowest BCUT2D eigenvalue weighted by molar-refractivity contribution is -0.147. The van der Waals surface area contributed by atoms with Crippen LogP contribution in [0.2, 0.25) is 0 Å². The number of fused-ring (bicyclic) bond motifs is 4. The molecule has 1 saturated carbocycles. The Hall–Kier alpha value is -3.16. The molecule has 1 aromatic rings. The van der Waals surface area contributed by atoms with Gasteiger partial charge in [-0.3, -0.25) is 29.0 Å². The highest BCUT2D eigenvalue weighted by molar-refractivity contribution is 6.08. The van der Waals surface area contributed by atoms with E-state index < -0.39 is 40.7 Å². The Bertz CT molecular complexity index is 1240. The van der Waals surface area contributed by atoms with Gasteiger partial charge < -0.3 is 9.84 Å². The van der Waals surface area contributed by atoms with E-state index in [1.54, 1.807) is 12.1 Å². The number of likely N-dealkylation sites (tertiary alicyclic amines) is 2. The van der Waals surface area contributed by atoms with Crippen LogP contribution in [-0.2, 0) is 19.2 Å². The normalized spacial score (nSPS) is 31.8. The van der Waals surface area contributed by atoms with E-state index in [1.165, 1.54) is 23.0 Å². The van der Waals surface area contributed by atoms with Gasteiger partial charge in [0.15, 0.2) is 0 Å². The number of amides is 4. The number of carbonyl (C=O) groups is 4. The van der Waals surface area contributed by atoms with Crippen molar-refractivity contribution in [3.8, 4) is 11.5 Å². The van der Waals surface area contributed by atoms with Crippen molar-refractivity contribution in [3.05, 3.63) is 35.4 Å². The van der Waals surface area contributed by atoms with Crippen molar-refractivity contribution in [2.24, 2.45) is 29.6 Å². The van der Waals surface area contributed by atoms with Crippen LogP contribution in [0.3, 0.4) is 0 Å². The molecule has 2 heterocycles. The molecular weight excluding hydrogens is 472 g/mol. The number of hydrogen-bond acceptors (Lipinski definition) is 6. The second-order valence-corrected chi connectivity index (χ2v) is 12.8. The highest BCUT2D eigenvalue weighted by atomic mass is 16.5. The maximum absolute atomic E-state index is 13.9. The number of imide groups is 2. The number of rotatable bonds is 2. The van der Waals surface area contributed by atoms with Gasteiger partial charge in [0, 0.05) is 28.6 Å². The van der Waals surface area contributed by atoms with E-state index in [0.29, 0.717) is 24.2 Å². The first-order valence-electron chi connectivity index (χ1n) is 13.0. The quantitative estimate of drug-likeness (QED) is 0.483. The Labute approximate surface area is 217 Å². The Morgan fingerprint density at radius 2 is 1.38 bits per heavy atom. The van der Waals surface area contributed by atoms with Crippen LogP contribution in [-0.4, -0.2) is 56.7 Å². The molecule has 4 aliphatic rings. The van der Waals surface area contributed by atoms with E-state index >= 15 is 0 Å². The van der Waals surface area contributed by atoms with Crippen LogP contribution in [0.1, 0.15) is 65.9 Å². The Balaban J connectivity index is 1.67. The smallest absolute Gasteiger partial charge is 0.234 e. The average Bonchev–Trinajstić information content (AvgIpc) is 3.21. The van der Waals surface area contributed by atoms with Crippen LogP contribution >= 0.6 is 0 Å². The highest BCUT2D eigenvalue weighted by Crippen LogP contribution is 2.59. The predicted molar refractivity (Wildman–Crippen MR) is 135 cm³/mol. The van der Waals surface area contributed by atoms with Crippen LogP contribution in [0.15, 0.2) is 29.8 Å². The SMILES string of the molecule is COc1ccc(C2C3=CCC4C(=O)N(C(C)(C)C)C(=O)C4C3CC3C(=O)N(C(C)(C)C)C(=O)C32)c(O)c1. The summed E-state index contributed by atoms with van der Waals surface area (Å²) in [5.74, 6) is -3.75. The number of phenols is 1. The Morgan fingerprint density at radius 3 is 1.92 bits per heavy atom. The summed E-state index contributed by atoms with van der Waals surface area (Å²) in [5, 5.41) is 11.0. The first-order valence-corrected chi connectivity index (χ1v) is 13.0. The molecule has 8 nitrogen and oxygen atoms in total. The third-order valence-corrected chi connectivity index (χ3v) is 8.56. The minimum absolute atomic E-state index is 0.0219. The molecule has 2 aliphatic heterocycles. The topological polar surface area (TPSA) is 104 Å². The van der Waals surface area contributed by atoms with Crippen molar-refractivity contribution in [2.45, 2.75) is 71.4 Å². The summed E-state index contributed by atoms with van der Waals surface area (Å²) in [6.45, 7) is 11.1. The molecule has 6 unspecified atom stereocenters. The van der Waals surface area contributed by atoms with Gasteiger partial charge in [-0.05, 0) is 66.4 Å². The average molecular weight is 509 g/mol. The first kappa shape index (κ1) is 25.5. The summed E-state index contributed by atoms with van der Waals surface area (Å²) in [5.41, 5.74) is 0.0457. The van der Waals surface area contributed by atoms with Crippen LogP contribution in [0.25, 0.3) is 0 Å². The van der Waals surface area contributed by atoms with Gasteiger partial charge in [-0.2, -0.15) is 0 Å². The van der Waals surface area contributed by atoms with Gasteiger partial charge in [-0.25, -0.2) is 0 Å². The number of phenolic OH excluding ortho intramolecular Hbond substituents is 1. The van der Waals surface area contributed by atoms with Crippen molar-refractivity contribution < 1.29 is 29.0 Å². The summed E-state index contributed by atoms with van der Waals surface area (Å²) >= 11 is 0. The fourth-order valence-electron chi connectivity index (χ4n) is 7.17. The number of hydrogen-bond donors (Lipinski definition) is 1. The highest BCUT2D eigenvalue weighted by Gasteiger charge is 2.63. The summed E-state index contributed by atoms with van der Waals surface area (Å²) in [4.78, 5) is 57.5. The van der Waals surface area contributed by atoms with Crippen molar-refractivity contribution in [1.82, 2.24) is 9.80 Å². The van der Waals surface area contributed by atoms with E-state index in [9.17, 15) is 24.3 Å². The lowest BCUT2D eigenvalue weighted by Gasteiger charge is -2.44. The maximum Gasteiger partial charge on any atom is 0.234 e. The number of nitrogens with zero attached hydrogens (tertiary/aromatic N) is 2. The van der Waals surface area contributed by atoms with Gasteiger partial charge in [0.25, 0.3) is 0 Å². The fraction of sp³-hybridized carbons (Fsp3) is 0.586. The largest absolute Gasteiger partial charge is 0.508 e. The van der Waals surface area contributed by atoms with Crippen LogP contribution in [0.5, 0.6) is 11.5 Å². The van der Waals surface area contributed by atoms with Gasteiger partial charge in [0.2, 0.25) is 23.6 Å². The summed E-state index contributed by atoms with van der Waals surface area (Å²) in [6.07, 6.45) is 2.72. The molecule has 0 bridgehead atoms. The molecule has 1 aromatic carbocycles. The Morgan fingerprint density at radius 1 is 0.811 bits per heavy atom. The maximum atomic E-state index is 13.9. The lowest BCUT2D eigenvalue weighted by Crippen LogP contribution is -2.47. The van der Waals surface area contributed by atoms with Crippen LogP contribution < -0.4 is 4.74 Å². The molecule has 2 aliphatic carbocycles. The molecule has 5 rings (SSSR count). The number of allylic oxidation sites excluding steroid dienone is 2. The van der Waals surface area contributed by atoms with Gasteiger partial charge in [-0.15, -0.1) is 0 Å². The van der Waals surface area contributed by atoms with Crippen molar-refractivity contribution in [1.29, 1.82) is 0 Å². The van der Waals surface area contributed by atoms with Gasteiger partial charge in [0.1, 0.15) is 11.5 Å². The molecule has 37 heavy (non-hydrogen) atoms. The van der Waals surface area contributed by atoms with Crippen molar-refractivity contribution in [3.63, 3.8) is 0 Å². The molecule has 1 N–H and O–H groups in total. The third-order valence-electron chi connectivity index (χ3n) is 8.56. The monoisotopic (exact) mass is 508 g/mol. The minimum Gasteiger partial charge on any atom is -0.508 e. The molecule has 3 fully saturated rings. The summed E-state index contributed by atoms with van der Waals surface area (Å²) < 4.78 is 5.27. The standard InChI is InChI=1S/C29H36N2O6/c1-28(2,3)30-24(33)17-11-10-15-18(22(17)26(30)35)13-19-23(27(36)31(25(19)34)29(4,5)6)21(15)16-9-8-14(37-7)12-20(16)32/h8-10,12,17-19,21-23,32H,11,13H2,1-7H3. The fourth-order valence-corrected chi connectivity index (χ4v) is 7.17. The molecule has 0 aromatic heterocycles. The molecule has 6 atom stereocenters. The molecular formula is C29H36N2O6. The molecule has 198 valence electrons. The number of methoxy groups -OCH3 is 1. The number of aromatic hydroxyl groups is 1. The molecule has 2 saturated heterocycles. The zero-order chi connectivity index (χ0) is 27.2. The van der Waals surface area contributed by atoms with Crippen molar-refractivity contribution >= 4 is 23.6 Å². The van der Waals surface area contributed by atoms with Crippen LogP contribution in [0, 0.1) is 29.6 Å². The predicted octanol–water partition coefficient (Wildman–Crippen LogP) is 3.63. The first-order chi connectivity index (χ1) is 17.2. The van der Waals surface area contributed by atoms with Crippen LogP contribution in [0.4, 0.5) is 0 Å². The van der Waals surface area contributed by atoms with Gasteiger partial charge in [-0.1, -0.05) is 17.7 Å². The number of benzene rings is 1. The summed E-state index contributed by atoms with van der Waals surface area (Å²) in [7, 11) is 1.51. The van der Waals surface area contributed by atoms with E-state index in [4.69, 9.17) is 4.74 Å². The zero-order valence-electron chi connectivity index (χ0n) is 22.6. The molecule has 8 heteroatoms. The van der Waals surface area contributed by atoms with Gasteiger partial charge >= 0.3 is 0 Å². The Kier molecular flexibility index (Phi) is 5.63. The van der Waals surface area contributed by atoms with Gasteiger partial charge in [0.05, 0.1) is 30.8 Å². The van der Waals surface area contributed by atoms with E-state index in [-0.39, 0.29) is 35.3 Å². The zero-order valence-corrected chi connectivity index (χ0v) is 22.6. The second kappa shape index (κ2) is 8.17. The molecule has 0 radical (unpaired) electrons. The molecule has 0 spiro atoms. The van der Waals surface area contributed by atoms with E-state index in [0.717, 1.165) is 5.57 Å².